The topological polar surface area (TPSA) is 32.3 Å². The lowest BCUT2D eigenvalue weighted by Crippen LogP contribution is -2.38. The van der Waals surface area contributed by atoms with E-state index >= 15 is 0 Å². The second-order valence-electron chi connectivity index (χ2n) is 4.71. The van der Waals surface area contributed by atoms with Crippen LogP contribution >= 0.6 is 27.5 Å². The number of rotatable bonds is 5. The molecule has 0 spiro atoms. The van der Waals surface area contributed by atoms with Crippen LogP contribution in [-0.2, 0) is 5.54 Å². The molecule has 0 bridgehead atoms. The first kappa shape index (κ1) is 15.4. The molecule has 0 aliphatic heterocycles. The van der Waals surface area contributed by atoms with Crippen LogP contribution < -0.4 is 5.32 Å². The minimum absolute atomic E-state index is 0.00875. The number of benzene rings is 2. The van der Waals surface area contributed by atoms with Crippen molar-refractivity contribution in [3.05, 3.63) is 63.6 Å². The van der Waals surface area contributed by atoms with Crippen LogP contribution in [0.25, 0.3) is 0 Å². The molecule has 106 valence electrons. The van der Waals surface area contributed by atoms with E-state index in [-0.39, 0.29) is 6.61 Å². The van der Waals surface area contributed by atoms with E-state index in [0.717, 1.165) is 22.1 Å². The van der Waals surface area contributed by atoms with Crippen LogP contribution in [-0.4, -0.2) is 11.7 Å². The smallest absolute Gasteiger partial charge is 0.0854 e. The zero-order valence-corrected chi connectivity index (χ0v) is 13.6. The molecule has 0 aromatic heterocycles. The maximum absolute atomic E-state index is 9.95. The van der Waals surface area contributed by atoms with E-state index in [1.165, 1.54) is 0 Å². The molecule has 4 heteroatoms. The van der Waals surface area contributed by atoms with E-state index in [9.17, 15) is 5.11 Å². The van der Waals surface area contributed by atoms with Crippen molar-refractivity contribution in [2.45, 2.75) is 18.9 Å². The summed E-state index contributed by atoms with van der Waals surface area (Å²) in [5, 5.41) is 14.1. The van der Waals surface area contributed by atoms with E-state index in [2.05, 4.69) is 21.2 Å². The van der Waals surface area contributed by atoms with E-state index in [4.69, 9.17) is 11.6 Å². The van der Waals surface area contributed by atoms with Gasteiger partial charge in [0, 0.05) is 15.2 Å². The van der Waals surface area contributed by atoms with Crippen molar-refractivity contribution in [1.82, 2.24) is 0 Å². The van der Waals surface area contributed by atoms with Crippen molar-refractivity contribution in [1.29, 1.82) is 0 Å². The van der Waals surface area contributed by atoms with Crippen LogP contribution in [0.5, 0.6) is 0 Å². The summed E-state index contributed by atoms with van der Waals surface area (Å²) in [5.41, 5.74) is 1.38. The van der Waals surface area contributed by atoms with Gasteiger partial charge in [-0.05, 0) is 52.2 Å². The molecule has 1 unspecified atom stereocenters. The van der Waals surface area contributed by atoms with Crippen LogP contribution in [0.4, 0.5) is 5.69 Å². The summed E-state index contributed by atoms with van der Waals surface area (Å²) in [4.78, 5) is 0. The van der Waals surface area contributed by atoms with Crippen molar-refractivity contribution in [2.24, 2.45) is 0 Å². The first-order valence-electron chi connectivity index (χ1n) is 6.51. The molecule has 20 heavy (non-hydrogen) atoms. The average molecular weight is 355 g/mol. The van der Waals surface area contributed by atoms with Crippen molar-refractivity contribution in [3.63, 3.8) is 0 Å². The maximum atomic E-state index is 9.95. The first-order chi connectivity index (χ1) is 9.61. The van der Waals surface area contributed by atoms with Gasteiger partial charge in [0.15, 0.2) is 0 Å². The minimum atomic E-state index is -0.547. The lowest BCUT2D eigenvalue weighted by molar-refractivity contribution is 0.207. The van der Waals surface area contributed by atoms with Crippen molar-refractivity contribution in [2.75, 3.05) is 11.9 Å². The molecule has 2 rings (SSSR count). The van der Waals surface area contributed by atoms with Gasteiger partial charge in [-0.25, -0.2) is 0 Å². The molecule has 0 aliphatic carbocycles. The normalized spacial score (nSPS) is 13.8. The standard InChI is InChI=1S/C16H17BrClNO/c1-2-16(11-20,12-6-5-7-13(18)10-12)19-15-9-4-3-8-14(15)17/h3-10,19-20H,2,11H2,1H3. The Bertz CT molecular complexity index is 584. The molecule has 2 N–H and O–H groups in total. The second-order valence-corrected chi connectivity index (χ2v) is 6.00. The van der Waals surface area contributed by atoms with Gasteiger partial charge >= 0.3 is 0 Å². The summed E-state index contributed by atoms with van der Waals surface area (Å²) in [6.07, 6.45) is 0.741. The van der Waals surface area contributed by atoms with Gasteiger partial charge in [-0.15, -0.1) is 0 Å². The molecule has 0 heterocycles. The van der Waals surface area contributed by atoms with Crippen molar-refractivity contribution < 1.29 is 5.11 Å². The largest absolute Gasteiger partial charge is 0.394 e. The molecular formula is C16H17BrClNO. The van der Waals surface area contributed by atoms with Crippen LogP contribution in [0, 0.1) is 0 Å². The van der Waals surface area contributed by atoms with Crippen LogP contribution in [0.2, 0.25) is 5.02 Å². The van der Waals surface area contributed by atoms with Crippen LogP contribution in [0.15, 0.2) is 53.0 Å². The van der Waals surface area contributed by atoms with Gasteiger partial charge in [-0.3, -0.25) is 0 Å². The zero-order chi connectivity index (χ0) is 14.6. The van der Waals surface area contributed by atoms with Crippen molar-refractivity contribution >= 4 is 33.2 Å². The first-order valence-corrected chi connectivity index (χ1v) is 7.68. The number of aliphatic hydroxyl groups is 1. The highest BCUT2D eigenvalue weighted by Crippen LogP contribution is 2.33. The highest BCUT2D eigenvalue weighted by Gasteiger charge is 2.30. The Labute approximate surface area is 132 Å². The molecule has 0 saturated heterocycles. The SMILES string of the molecule is CCC(CO)(Nc1ccccc1Br)c1cccc(Cl)c1. The summed E-state index contributed by atoms with van der Waals surface area (Å²) in [6.45, 7) is 2.03. The fraction of sp³-hybridized carbons (Fsp3) is 0.250. The molecule has 2 nitrogen and oxygen atoms in total. The highest BCUT2D eigenvalue weighted by atomic mass is 79.9. The fourth-order valence-corrected chi connectivity index (χ4v) is 2.79. The van der Waals surface area contributed by atoms with E-state index in [1.807, 2.05) is 55.5 Å². The molecule has 0 radical (unpaired) electrons. The summed E-state index contributed by atoms with van der Waals surface area (Å²) < 4.78 is 0.966. The molecule has 0 aliphatic rings. The van der Waals surface area contributed by atoms with Gasteiger partial charge in [0.2, 0.25) is 0 Å². The highest BCUT2D eigenvalue weighted by molar-refractivity contribution is 9.10. The Morgan fingerprint density at radius 3 is 2.55 bits per heavy atom. The number of hydrogen-bond donors (Lipinski definition) is 2. The number of hydrogen-bond acceptors (Lipinski definition) is 2. The Hall–Kier alpha value is -1.03. The minimum Gasteiger partial charge on any atom is -0.394 e. The van der Waals surface area contributed by atoms with Gasteiger partial charge in [-0.1, -0.05) is 42.8 Å². The zero-order valence-electron chi connectivity index (χ0n) is 11.2. The number of para-hydroxylation sites is 1. The lowest BCUT2D eigenvalue weighted by Gasteiger charge is -2.34. The predicted octanol–water partition coefficient (Wildman–Crippen LogP) is 4.81. The van der Waals surface area contributed by atoms with Gasteiger partial charge < -0.3 is 10.4 Å². The van der Waals surface area contributed by atoms with Crippen molar-refractivity contribution in [3.8, 4) is 0 Å². The van der Waals surface area contributed by atoms with Crippen LogP contribution in [0.3, 0.4) is 0 Å². The number of nitrogens with one attached hydrogen (secondary N) is 1. The van der Waals surface area contributed by atoms with Gasteiger partial charge in [0.25, 0.3) is 0 Å². The Kier molecular flexibility index (Phi) is 5.08. The molecule has 0 fully saturated rings. The number of aliphatic hydroxyl groups excluding tert-OH is 1. The molecule has 2 aromatic rings. The van der Waals surface area contributed by atoms with E-state index in [1.54, 1.807) is 0 Å². The third-order valence-corrected chi connectivity index (χ3v) is 4.43. The Morgan fingerprint density at radius 2 is 1.95 bits per heavy atom. The molecule has 0 saturated carbocycles. The Balaban J connectivity index is 2.42. The average Bonchev–Trinajstić information content (AvgIpc) is 2.47. The molecule has 1 atom stereocenters. The van der Waals surface area contributed by atoms with E-state index in [0.29, 0.717) is 5.02 Å². The quantitative estimate of drug-likeness (QED) is 0.807. The predicted molar refractivity (Wildman–Crippen MR) is 88.3 cm³/mol. The van der Waals surface area contributed by atoms with Gasteiger partial charge in [-0.2, -0.15) is 0 Å². The third-order valence-electron chi connectivity index (χ3n) is 3.50. The third kappa shape index (κ3) is 3.17. The lowest BCUT2D eigenvalue weighted by atomic mass is 9.87. The Morgan fingerprint density at radius 1 is 1.20 bits per heavy atom. The van der Waals surface area contributed by atoms with Gasteiger partial charge in [0.05, 0.1) is 12.1 Å². The number of anilines is 1. The number of halogens is 2. The van der Waals surface area contributed by atoms with Gasteiger partial charge in [0.1, 0.15) is 0 Å². The fourth-order valence-electron chi connectivity index (χ4n) is 2.21. The molecule has 2 aromatic carbocycles. The second kappa shape index (κ2) is 6.61. The molecular weight excluding hydrogens is 338 g/mol. The monoisotopic (exact) mass is 353 g/mol. The summed E-state index contributed by atoms with van der Waals surface area (Å²) in [5.74, 6) is 0. The van der Waals surface area contributed by atoms with Crippen LogP contribution in [0.1, 0.15) is 18.9 Å². The van der Waals surface area contributed by atoms with E-state index < -0.39 is 5.54 Å². The molecule has 0 amide bonds. The summed E-state index contributed by atoms with van der Waals surface area (Å²) in [7, 11) is 0. The maximum Gasteiger partial charge on any atom is 0.0854 e. The summed E-state index contributed by atoms with van der Waals surface area (Å²) in [6, 6.07) is 15.5. The summed E-state index contributed by atoms with van der Waals surface area (Å²) >= 11 is 9.60.